The van der Waals surface area contributed by atoms with Crippen molar-refractivity contribution in [2.24, 2.45) is 10.9 Å². The molecule has 0 saturated carbocycles. The minimum atomic E-state index is 0.297. The van der Waals surface area contributed by atoms with E-state index in [-0.39, 0.29) is 0 Å². The molecule has 5 nitrogen and oxygen atoms in total. The molecule has 0 spiro atoms. The first-order valence-electron chi connectivity index (χ1n) is 9.87. The van der Waals surface area contributed by atoms with Crippen LogP contribution in [-0.2, 0) is 0 Å². The molecule has 0 aromatic rings. The fourth-order valence-electron chi connectivity index (χ4n) is 3.83. The first-order valence-corrected chi connectivity index (χ1v) is 9.87. The minimum absolute atomic E-state index is 0.297. The molecule has 0 aliphatic carbocycles. The molecule has 0 aromatic carbocycles. The van der Waals surface area contributed by atoms with E-state index >= 15 is 0 Å². The van der Waals surface area contributed by atoms with Crippen LogP contribution in [-0.4, -0.2) is 74.2 Å². The van der Waals surface area contributed by atoms with Crippen molar-refractivity contribution < 1.29 is 0 Å². The number of aliphatic imine (C=N–C) groups is 1. The Hall–Kier alpha value is -0.810. The van der Waals surface area contributed by atoms with Crippen LogP contribution in [0.3, 0.4) is 0 Å². The number of nitrogens with zero attached hydrogens (tertiary/aromatic N) is 3. The lowest BCUT2D eigenvalue weighted by Crippen LogP contribution is -2.62. The molecule has 0 aromatic heterocycles. The average molecular weight is 338 g/mol. The smallest absolute Gasteiger partial charge is 0.191 e. The molecule has 0 bridgehead atoms. The fraction of sp³-hybridized carbons (Fsp3) is 0.947. The lowest BCUT2D eigenvalue weighted by molar-refractivity contribution is 0.0173. The Labute approximate surface area is 149 Å². The molecular formula is C19H39N5. The van der Waals surface area contributed by atoms with Gasteiger partial charge in [0, 0.05) is 25.2 Å². The van der Waals surface area contributed by atoms with Gasteiger partial charge in [0.1, 0.15) is 0 Å². The molecule has 2 saturated heterocycles. The van der Waals surface area contributed by atoms with Crippen LogP contribution in [0.5, 0.6) is 0 Å². The van der Waals surface area contributed by atoms with E-state index in [1.807, 2.05) is 7.05 Å². The van der Waals surface area contributed by atoms with Crippen molar-refractivity contribution in [2.75, 3.05) is 46.8 Å². The highest BCUT2D eigenvalue weighted by molar-refractivity contribution is 5.80. The average Bonchev–Trinajstić information content (AvgIpc) is 2.60. The zero-order valence-electron chi connectivity index (χ0n) is 16.6. The maximum Gasteiger partial charge on any atom is 0.191 e. The highest BCUT2D eigenvalue weighted by Gasteiger charge is 2.39. The van der Waals surface area contributed by atoms with Gasteiger partial charge in [-0.2, -0.15) is 0 Å². The molecule has 2 aliphatic heterocycles. The highest BCUT2D eigenvalue weighted by atomic mass is 15.3. The highest BCUT2D eigenvalue weighted by Crippen LogP contribution is 2.30. The van der Waals surface area contributed by atoms with E-state index in [2.05, 4.69) is 53.2 Å². The van der Waals surface area contributed by atoms with Crippen molar-refractivity contribution in [1.82, 2.24) is 20.4 Å². The van der Waals surface area contributed by atoms with E-state index in [0.29, 0.717) is 17.5 Å². The van der Waals surface area contributed by atoms with Gasteiger partial charge < -0.3 is 15.5 Å². The van der Waals surface area contributed by atoms with Gasteiger partial charge >= 0.3 is 0 Å². The van der Waals surface area contributed by atoms with Crippen molar-refractivity contribution in [3.63, 3.8) is 0 Å². The topological polar surface area (TPSA) is 42.9 Å². The summed E-state index contributed by atoms with van der Waals surface area (Å²) in [7, 11) is 4.13. The lowest BCUT2D eigenvalue weighted by Gasteiger charge is -2.50. The zero-order valence-corrected chi connectivity index (χ0v) is 16.6. The summed E-state index contributed by atoms with van der Waals surface area (Å²) >= 11 is 0. The lowest BCUT2D eigenvalue weighted by atomic mass is 9.84. The second kappa shape index (κ2) is 9.04. The normalized spacial score (nSPS) is 24.8. The van der Waals surface area contributed by atoms with Crippen molar-refractivity contribution in [2.45, 2.75) is 64.5 Å². The molecule has 2 heterocycles. The molecule has 1 unspecified atom stereocenters. The molecular weight excluding hydrogens is 298 g/mol. The third-order valence-corrected chi connectivity index (χ3v) is 6.12. The van der Waals surface area contributed by atoms with Gasteiger partial charge in [-0.25, -0.2) is 0 Å². The Bertz CT molecular complexity index is 393. The number of likely N-dealkylation sites (tertiary alicyclic amines) is 2. The van der Waals surface area contributed by atoms with Crippen molar-refractivity contribution in [1.29, 1.82) is 0 Å². The van der Waals surface area contributed by atoms with Gasteiger partial charge in [0.15, 0.2) is 5.96 Å². The molecule has 1 atom stereocenters. The van der Waals surface area contributed by atoms with Crippen LogP contribution < -0.4 is 10.6 Å². The van der Waals surface area contributed by atoms with E-state index in [0.717, 1.165) is 12.5 Å². The molecule has 0 radical (unpaired) electrons. The van der Waals surface area contributed by atoms with E-state index in [9.17, 15) is 0 Å². The first kappa shape index (κ1) is 19.5. The van der Waals surface area contributed by atoms with Crippen molar-refractivity contribution >= 4 is 5.96 Å². The minimum Gasteiger partial charge on any atom is -0.355 e. The van der Waals surface area contributed by atoms with E-state index in [1.165, 1.54) is 58.3 Å². The number of hydrogen-bond donors (Lipinski definition) is 2. The molecule has 2 fully saturated rings. The summed E-state index contributed by atoms with van der Waals surface area (Å²) in [6, 6.07) is 0.430. The van der Waals surface area contributed by atoms with Gasteiger partial charge in [0.05, 0.1) is 0 Å². The Kier molecular flexibility index (Phi) is 7.35. The largest absolute Gasteiger partial charge is 0.355 e. The van der Waals surface area contributed by atoms with Crippen LogP contribution in [0, 0.1) is 5.92 Å². The summed E-state index contributed by atoms with van der Waals surface area (Å²) in [5, 5.41) is 7.20. The number of guanidine groups is 1. The van der Waals surface area contributed by atoms with Crippen LogP contribution in [0.4, 0.5) is 0 Å². The molecule has 24 heavy (non-hydrogen) atoms. The van der Waals surface area contributed by atoms with E-state index in [4.69, 9.17) is 0 Å². The van der Waals surface area contributed by atoms with Crippen LogP contribution in [0.2, 0.25) is 0 Å². The van der Waals surface area contributed by atoms with E-state index in [1.54, 1.807) is 0 Å². The second-order valence-corrected chi connectivity index (χ2v) is 8.18. The Balaban J connectivity index is 1.99. The maximum absolute atomic E-state index is 4.45. The summed E-state index contributed by atoms with van der Waals surface area (Å²) < 4.78 is 0. The molecule has 2 aliphatic rings. The Morgan fingerprint density at radius 1 is 1.04 bits per heavy atom. The third kappa shape index (κ3) is 5.09. The van der Waals surface area contributed by atoms with Gasteiger partial charge in [-0.15, -0.1) is 0 Å². The van der Waals surface area contributed by atoms with Crippen LogP contribution in [0.25, 0.3) is 0 Å². The summed E-state index contributed by atoms with van der Waals surface area (Å²) in [5.74, 6) is 1.55. The van der Waals surface area contributed by atoms with Crippen LogP contribution in [0.1, 0.15) is 52.9 Å². The monoisotopic (exact) mass is 337 g/mol. The quantitative estimate of drug-likeness (QED) is 0.596. The Morgan fingerprint density at radius 3 is 2.21 bits per heavy atom. The summed E-state index contributed by atoms with van der Waals surface area (Å²) in [6.45, 7) is 12.7. The zero-order chi connectivity index (χ0) is 17.6. The van der Waals surface area contributed by atoms with Crippen molar-refractivity contribution in [3.05, 3.63) is 0 Å². The molecule has 2 rings (SSSR count). The SMILES string of the molecule is CN=C(NCC1(N2CCCCC2)CCN(C)CC1)NC(C)C(C)C. The number of piperidine rings is 2. The third-order valence-electron chi connectivity index (χ3n) is 6.12. The first-order chi connectivity index (χ1) is 11.5. The van der Waals surface area contributed by atoms with Gasteiger partial charge in [0.2, 0.25) is 0 Å². The summed E-state index contributed by atoms with van der Waals surface area (Å²) in [4.78, 5) is 9.69. The second-order valence-electron chi connectivity index (χ2n) is 8.18. The fourth-order valence-corrected chi connectivity index (χ4v) is 3.83. The van der Waals surface area contributed by atoms with Crippen LogP contribution >= 0.6 is 0 Å². The van der Waals surface area contributed by atoms with Gasteiger partial charge in [-0.3, -0.25) is 9.89 Å². The van der Waals surface area contributed by atoms with Crippen LogP contribution in [0.15, 0.2) is 4.99 Å². The predicted octanol–water partition coefficient (Wildman–Crippen LogP) is 2.15. The molecule has 0 amide bonds. The predicted molar refractivity (Wildman–Crippen MR) is 104 cm³/mol. The number of rotatable bonds is 5. The molecule has 140 valence electrons. The van der Waals surface area contributed by atoms with Gasteiger partial charge in [-0.05, 0) is 71.8 Å². The molecule has 5 heteroatoms. The molecule has 2 N–H and O–H groups in total. The summed E-state index contributed by atoms with van der Waals surface area (Å²) in [5.41, 5.74) is 0.297. The van der Waals surface area contributed by atoms with Gasteiger partial charge in [0.25, 0.3) is 0 Å². The van der Waals surface area contributed by atoms with E-state index < -0.39 is 0 Å². The number of hydrogen-bond acceptors (Lipinski definition) is 3. The number of nitrogens with one attached hydrogen (secondary N) is 2. The van der Waals surface area contributed by atoms with Crippen molar-refractivity contribution in [3.8, 4) is 0 Å². The Morgan fingerprint density at radius 2 is 1.67 bits per heavy atom. The summed E-state index contributed by atoms with van der Waals surface area (Å²) in [6.07, 6.45) is 6.62. The van der Waals surface area contributed by atoms with Gasteiger partial charge in [-0.1, -0.05) is 20.3 Å². The maximum atomic E-state index is 4.45. The standard InChI is InChI=1S/C19H39N5/c1-16(2)17(3)22-18(20-4)21-15-19(9-13-23(5)14-10-19)24-11-7-6-8-12-24/h16-17H,6-15H2,1-5H3,(H2,20,21,22).